The molecule has 5 nitrogen and oxygen atoms in total. The number of carbonyl (C=O) groups is 1. The van der Waals surface area contributed by atoms with E-state index in [2.05, 4.69) is 0 Å². The van der Waals surface area contributed by atoms with Crippen molar-refractivity contribution in [2.45, 2.75) is 6.92 Å². The number of oxazole rings is 1. The smallest absolute Gasteiger partial charge is 0.424 e. The van der Waals surface area contributed by atoms with Crippen LogP contribution < -0.4 is 5.76 Å². The van der Waals surface area contributed by atoms with E-state index < -0.39 is 11.7 Å². The van der Waals surface area contributed by atoms with Gasteiger partial charge in [0.25, 0.3) is 0 Å². The van der Waals surface area contributed by atoms with E-state index in [4.69, 9.17) is 9.52 Å². The quantitative estimate of drug-likeness (QED) is 0.776. The van der Waals surface area contributed by atoms with Gasteiger partial charge in [-0.25, -0.2) is 14.2 Å². The summed E-state index contributed by atoms with van der Waals surface area (Å²) in [6, 6.07) is 11.6. The van der Waals surface area contributed by atoms with Crippen LogP contribution in [0.3, 0.4) is 0 Å². The third-order valence-corrected chi connectivity index (χ3v) is 3.16. The number of nitrogens with zero attached hydrogens (tertiary/aromatic N) is 1. The van der Waals surface area contributed by atoms with Gasteiger partial charge in [0.05, 0.1) is 16.8 Å². The van der Waals surface area contributed by atoms with E-state index in [1.165, 1.54) is 16.7 Å². The SMILES string of the molecule is Cc1cccc2oc(=O)n(-c3cccc(C(=O)O)c3)c12. The molecule has 3 aromatic rings. The second kappa shape index (κ2) is 4.38. The van der Waals surface area contributed by atoms with E-state index in [9.17, 15) is 9.59 Å². The summed E-state index contributed by atoms with van der Waals surface area (Å²) >= 11 is 0. The van der Waals surface area contributed by atoms with Crippen LogP contribution in [0, 0.1) is 6.92 Å². The number of aryl methyl sites for hydroxylation is 1. The third-order valence-electron chi connectivity index (χ3n) is 3.16. The Kier molecular flexibility index (Phi) is 2.68. The van der Waals surface area contributed by atoms with Crippen LogP contribution in [0.15, 0.2) is 51.7 Å². The van der Waals surface area contributed by atoms with E-state index in [1.807, 2.05) is 13.0 Å². The van der Waals surface area contributed by atoms with Gasteiger partial charge in [0.15, 0.2) is 5.58 Å². The molecule has 2 aromatic carbocycles. The zero-order chi connectivity index (χ0) is 14.3. The van der Waals surface area contributed by atoms with Crippen LogP contribution in [0.1, 0.15) is 15.9 Å². The molecule has 1 N–H and O–H groups in total. The molecule has 0 unspecified atom stereocenters. The van der Waals surface area contributed by atoms with Gasteiger partial charge >= 0.3 is 11.7 Å². The normalized spacial score (nSPS) is 10.8. The molecule has 0 radical (unpaired) electrons. The number of fused-ring (bicyclic) bond motifs is 1. The largest absolute Gasteiger partial charge is 0.478 e. The highest BCUT2D eigenvalue weighted by molar-refractivity contribution is 5.88. The monoisotopic (exact) mass is 269 g/mol. The minimum Gasteiger partial charge on any atom is -0.478 e. The van der Waals surface area contributed by atoms with Crippen molar-refractivity contribution in [2.24, 2.45) is 0 Å². The fourth-order valence-electron chi connectivity index (χ4n) is 2.24. The predicted molar refractivity (Wildman–Crippen MR) is 73.5 cm³/mol. The van der Waals surface area contributed by atoms with Gasteiger partial charge in [-0.05, 0) is 36.8 Å². The van der Waals surface area contributed by atoms with E-state index in [-0.39, 0.29) is 5.56 Å². The van der Waals surface area contributed by atoms with Crippen LogP contribution in [0.4, 0.5) is 0 Å². The number of hydrogen-bond donors (Lipinski definition) is 1. The lowest BCUT2D eigenvalue weighted by atomic mass is 10.1. The van der Waals surface area contributed by atoms with Crippen LogP contribution in [-0.2, 0) is 0 Å². The Hall–Kier alpha value is -2.82. The summed E-state index contributed by atoms with van der Waals surface area (Å²) in [7, 11) is 0. The molecular weight excluding hydrogens is 258 g/mol. The Morgan fingerprint density at radius 3 is 2.70 bits per heavy atom. The predicted octanol–water partition coefficient (Wildman–Crippen LogP) is 2.59. The fraction of sp³-hybridized carbons (Fsp3) is 0.0667. The lowest BCUT2D eigenvalue weighted by Crippen LogP contribution is -2.12. The van der Waals surface area contributed by atoms with Crippen molar-refractivity contribution in [1.82, 2.24) is 4.57 Å². The summed E-state index contributed by atoms with van der Waals surface area (Å²) < 4.78 is 6.58. The van der Waals surface area contributed by atoms with Gasteiger partial charge in [-0.15, -0.1) is 0 Å². The van der Waals surface area contributed by atoms with Crippen LogP contribution in [0.25, 0.3) is 16.8 Å². The third kappa shape index (κ3) is 1.80. The second-order valence-electron chi connectivity index (χ2n) is 4.48. The van der Waals surface area contributed by atoms with Crippen molar-refractivity contribution in [3.8, 4) is 5.69 Å². The number of benzene rings is 2. The number of rotatable bonds is 2. The minimum atomic E-state index is -1.04. The summed E-state index contributed by atoms with van der Waals surface area (Å²) in [5.74, 6) is -1.57. The number of aromatic carboxylic acids is 1. The van der Waals surface area contributed by atoms with Crippen molar-refractivity contribution in [2.75, 3.05) is 0 Å². The molecule has 1 heterocycles. The molecule has 100 valence electrons. The summed E-state index contributed by atoms with van der Waals surface area (Å²) in [6.07, 6.45) is 0. The Morgan fingerprint density at radius 2 is 1.95 bits per heavy atom. The highest BCUT2D eigenvalue weighted by Crippen LogP contribution is 2.21. The van der Waals surface area contributed by atoms with Crippen LogP contribution in [-0.4, -0.2) is 15.6 Å². The summed E-state index contributed by atoms with van der Waals surface area (Å²) in [5, 5.41) is 9.03. The number of carboxylic acids is 1. The van der Waals surface area contributed by atoms with Gasteiger partial charge in [0.2, 0.25) is 0 Å². The average molecular weight is 269 g/mol. The van der Waals surface area contributed by atoms with E-state index in [0.717, 1.165) is 5.56 Å². The maximum absolute atomic E-state index is 12.0. The van der Waals surface area contributed by atoms with Gasteiger partial charge in [0, 0.05) is 0 Å². The van der Waals surface area contributed by atoms with Crippen molar-refractivity contribution in [3.63, 3.8) is 0 Å². The molecule has 0 fully saturated rings. The number of carboxylic acid groups (broad SMARTS) is 1. The Labute approximate surface area is 113 Å². The molecule has 1 aromatic heterocycles. The first kappa shape index (κ1) is 12.2. The number of hydrogen-bond acceptors (Lipinski definition) is 3. The molecule has 0 aliphatic carbocycles. The standard InChI is InChI=1S/C15H11NO4/c1-9-4-2-7-12-13(9)16(15(19)20-12)11-6-3-5-10(8-11)14(17)18/h2-8H,1H3,(H,17,18). The van der Waals surface area contributed by atoms with Gasteiger partial charge in [-0.2, -0.15) is 0 Å². The zero-order valence-corrected chi connectivity index (χ0v) is 10.7. The fourth-order valence-corrected chi connectivity index (χ4v) is 2.24. The highest BCUT2D eigenvalue weighted by atomic mass is 16.4. The van der Waals surface area contributed by atoms with Gasteiger partial charge in [0.1, 0.15) is 0 Å². The van der Waals surface area contributed by atoms with E-state index in [0.29, 0.717) is 16.8 Å². The second-order valence-corrected chi connectivity index (χ2v) is 4.48. The molecule has 0 saturated heterocycles. The molecule has 0 spiro atoms. The number of para-hydroxylation sites is 1. The van der Waals surface area contributed by atoms with Crippen molar-refractivity contribution in [3.05, 3.63) is 64.1 Å². The molecule has 0 atom stereocenters. The topological polar surface area (TPSA) is 72.4 Å². The van der Waals surface area contributed by atoms with Gasteiger partial charge in [-0.1, -0.05) is 18.2 Å². The highest BCUT2D eigenvalue weighted by Gasteiger charge is 2.14. The first-order valence-electron chi connectivity index (χ1n) is 6.03. The van der Waals surface area contributed by atoms with Crippen LogP contribution in [0.2, 0.25) is 0 Å². The summed E-state index contributed by atoms with van der Waals surface area (Å²) in [4.78, 5) is 23.0. The Morgan fingerprint density at radius 1 is 1.20 bits per heavy atom. The molecule has 0 bridgehead atoms. The first-order valence-corrected chi connectivity index (χ1v) is 6.03. The Balaban J connectivity index is 2.35. The minimum absolute atomic E-state index is 0.123. The van der Waals surface area contributed by atoms with Crippen LogP contribution in [0.5, 0.6) is 0 Å². The molecule has 0 saturated carbocycles. The number of aromatic nitrogens is 1. The lowest BCUT2D eigenvalue weighted by molar-refractivity contribution is 0.0697. The molecular formula is C15H11NO4. The molecule has 3 rings (SSSR count). The Bertz CT molecular complexity index is 873. The lowest BCUT2D eigenvalue weighted by Gasteiger charge is -2.05. The summed E-state index contributed by atoms with van der Waals surface area (Å²) in [6.45, 7) is 1.87. The first-order chi connectivity index (χ1) is 9.58. The van der Waals surface area contributed by atoms with Gasteiger partial charge < -0.3 is 9.52 Å². The van der Waals surface area contributed by atoms with E-state index >= 15 is 0 Å². The summed E-state index contributed by atoms with van der Waals surface area (Å²) in [5.41, 5.74) is 2.62. The molecule has 0 aliphatic heterocycles. The van der Waals surface area contributed by atoms with Crippen molar-refractivity contribution in [1.29, 1.82) is 0 Å². The average Bonchev–Trinajstić information content (AvgIpc) is 2.76. The van der Waals surface area contributed by atoms with Crippen molar-refractivity contribution >= 4 is 17.1 Å². The molecule has 5 heteroatoms. The molecule has 0 amide bonds. The maximum Gasteiger partial charge on any atom is 0.424 e. The van der Waals surface area contributed by atoms with Crippen LogP contribution >= 0.6 is 0 Å². The maximum atomic E-state index is 12.0. The molecule has 20 heavy (non-hydrogen) atoms. The molecule has 0 aliphatic rings. The zero-order valence-electron chi connectivity index (χ0n) is 10.7. The van der Waals surface area contributed by atoms with Gasteiger partial charge in [-0.3, -0.25) is 0 Å². The van der Waals surface area contributed by atoms with E-state index in [1.54, 1.807) is 24.3 Å². The van der Waals surface area contributed by atoms with Crippen molar-refractivity contribution < 1.29 is 14.3 Å².